The van der Waals surface area contributed by atoms with Crippen molar-refractivity contribution in [3.63, 3.8) is 0 Å². The molecular formula is C8H19NO3S. The lowest BCUT2D eigenvalue weighted by Gasteiger charge is -2.11. The highest BCUT2D eigenvalue weighted by molar-refractivity contribution is 7.89. The highest BCUT2D eigenvalue weighted by Crippen LogP contribution is 2.03. The van der Waals surface area contributed by atoms with E-state index in [0.29, 0.717) is 0 Å². The van der Waals surface area contributed by atoms with E-state index >= 15 is 0 Å². The molecule has 80 valence electrons. The van der Waals surface area contributed by atoms with Gasteiger partial charge < -0.3 is 5.11 Å². The molecule has 0 aliphatic carbocycles. The molecule has 0 amide bonds. The largest absolute Gasteiger partial charge is 0.392 e. The highest BCUT2D eigenvalue weighted by Gasteiger charge is 2.14. The molecule has 0 saturated carbocycles. The first-order valence-electron chi connectivity index (χ1n) is 4.52. The molecule has 0 aromatic rings. The Morgan fingerprint density at radius 2 is 1.92 bits per heavy atom. The maximum absolute atomic E-state index is 11.3. The predicted octanol–water partition coefficient (Wildman–Crippen LogP) is 0.333. The van der Waals surface area contributed by atoms with Gasteiger partial charge in [0, 0.05) is 6.54 Å². The molecule has 5 heteroatoms. The van der Waals surface area contributed by atoms with Crippen LogP contribution in [-0.2, 0) is 10.0 Å². The quantitative estimate of drug-likeness (QED) is 0.662. The second kappa shape index (κ2) is 5.57. The molecule has 13 heavy (non-hydrogen) atoms. The van der Waals surface area contributed by atoms with Gasteiger partial charge in [0.2, 0.25) is 10.0 Å². The van der Waals surface area contributed by atoms with Crippen LogP contribution >= 0.6 is 0 Å². The Kier molecular flexibility index (Phi) is 5.51. The van der Waals surface area contributed by atoms with Crippen LogP contribution in [0.2, 0.25) is 0 Å². The van der Waals surface area contributed by atoms with Gasteiger partial charge >= 0.3 is 0 Å². The molecule has 0 heterocycles. The second-order valence-corrected chi connectivity index (χ2v) is 5.34. The van der Waals surface area contributed by atoms with E-state index in [1.807, 2.05) is 13.8 Å². The maximum Gasteiger partial charge on any atom is 0.211 e. The SMILES string of the molecule is CC[C@@H](C)CS(=O)(=O)NC[C@H](C)O. The van der Waals surface area contributed by atoms with Crippen LogP contribution in [0.1, 0.15) is 27.2 Å². The van der Waals surface area contributed by atoms with Gasteiger partial charge in [-0.15, -0.1) is 0 Å². The van der Waals surface area contributed by atoms with Gasteiger partial charge in [-0.3, -0.25) is 0 Å². The van der Waals surface area contributed by atoms with Gasteiger partial charge in [-0.25, -0.2) is 13.1 Å². The van der Waals surface area contributed by atoms with Crippen LogP contribution in [0.15, 0.2) is 0 Å². The van der Waals surface area contributed by atoms with E-state index in [2.05, 4.69) is 4.72 Å². The molecule has 0 aromatic heterocycles. The summed E-state index contributed by atoms with van der Waals surface area (Å²) in [6.07, 6.45) is 0.210. The van der Waals surface area contributed by atoms with Crippen LogP contribution in [-0.4, -0.2) is 31.9 Å². The Morgan fingerprint density at radius 3 is 2.31 bits per heavy atom. The van der Waals surface area contributed by atoms with Crippen LogP contribution < -0.4 is 4.72 Å². The lowest BCUT2D eigenvalue weighted by Crippen LogP contribution is -2.34. The van der Waals surface area contributed by atoms with E-state index in [-0.39, 0.29) is 18.2 Å². The molecule has 2 N–H and O–H groups in total. The zero-order valence-electron chi connectivity index (χ0n) is 8.45. The Bertz CT molecular complexity index is 224. The molecule has 0 unspecified atom stereocenters. The molecule has 4 nitrogen and oxygen atoms in total. The van der Waals surface area contributed by atoms with E-state index in [1.165, 1.54) is 0 Å². The fourth-order valence-corrected chi connectivity index (χ4v) is 2.40. The third kappa shape index (κ3) is 6.98. The zero-order chi connectivity index (χ0) is 10.5. The zero-order valence-corrected chi connectivity index (χ0v) is 9.26. The minimum absolute atomic E-state index is 0.0960. The topological polar surface area (TPSA) is 66.4 Å². The van der Waals surface area contributed by atoms with Crippen molar-refractivity contribution in [2.45, 2.75) is 33.3 Å². The number of aliphatic hydroxyl groups excluding tert-OH is 1. The number of sulfonamides is 1. The summed E-state index contributed by atoms with van der Waals surface area (Å²) in [5.74, 6) is 0.294. The minimum atomic E-state index is -3.20. The molecule has 0 aliphatic rings. The van der Waals surface area contributed by atoms with Crippen LogP contribution in [0.3, 0.4) is 0 Å². The fraction of sp³-hybridized carbons (Fsp3) is 1.00. The fourth-order valence-electron chi connectivity index (χ4n) is 0.799. The predicted molar refractivity (Wildman–Crippen MR) is 52.9 cm³/mol. The van der Waals surface area contributed by atoms with E-state index < -0.39 is 16.1 Å². The van der Waals surface area contributed by atoms with E-state index in [9.17, 15) is 8.42 Å². The standard InChI is InChI=1S/C8H19NO3S/c1-4-7(2)6-13(11,12)9-5-8(3)10/h7-10H,4-6H2,1-3H3/t7-,8+/m1/s1. The Balaban J connectivity index is 3.95. The number of rotatable bonds is 6. The van der Waals surface area contributed by atoms with E-state index in [1.54, 1.807) is 6.92 Å². The third-order valence-corrected chi connectivity index (χ3v) is 3.41. The second-order valence-electron chi connectivity index (χ2n) is 3.49. The molecule has 0 aliphatic heterocycles. The first-order valence-corrected chi connectivity index (χ1v) is 6.18. The Morgan fingerprint density at radius 1 is 1.38 bits per heavy atom. The number of aliphatic hydroxyl groups is 1. The van der Waals surface area contributed by atoms with Crippen molar-refractivity contribution in [2.75, 3.05) is 12.3 Å². The minimum Gasteiger partial charge on any atom is -0.392 e. The molecule has 0 fully saturated rings. The molecule has 0 radical (unpaired) electrons. The highest BCUT2D eigenvalue weighted by atomic mass is 32.2. The van der Waals surface area contributed by atoms with Crippen molar-refractivity contribution >= 4 is 10.0 Å². The molecule has 0 spiro atoms. The van der Waals surface area contributed by atoms with Gasteiger partial charge in [-0.2, -0.15) is 0 Å². The van der Waals surface area contributed by atoms with Crippen LogP contribution in [0.25, 0.3) is 0 Å². The van der Waals surface area contributed by atoms with Crippen LogP contribution in [0.5, 0.6) is 0 Å². The number of nitrogens with one attached hydrogen (secondary N) is 1. The summed E-state index contributed by atoms with van der Waals surface area (Å²) in [7, 11) is -3.20. The van der Waals surface area contributed by atoms with E-state index in [0.717, 1.165) is 6.42 Å². The summed E-state index contributed by atoms with van der Waals surface area (Å²) in [6, 6.07) is 0. The Hall–Kier alpha value is -0.130. The van der Waals surface area contributed by atoms with Crippen LogP contribution in [0, 0.1) is 5.92 Å². The molecule has 0 rings (SSSR count). The first-order chi connectivity index (χ1) is 5.87. The molecule has 2 atom stereocenters. The molecule has 0 saturated heterocycles. The monoisotopic (exact) mass is 209 g/mol. The van der Waals surface area contributed by atoms with Crippen molar-refractivity contribution in [3.8, 4) is 0 Å². The first kappa shape index (κ1) is 12.9. The third-order valence-electron chi connectivity index (χ3n) is 1.80. The summed E-state index contributed by atoms with van der Waals surface area (Å²) in [5.41, 5.74) is 0. The maximum atomic E-state index is 11.3. The van der Waals surface area contributed by atoms with Gasteiger partial charge in [-0.05, 0) is 12.8 Å². The average Bonchev–Trinajstić information content (AvgIpc) is 2.00. The summed E-state index contributed by atoms with van der Waals surface area (Å²) < 4.78 is 24.9. The summed E-state index contributed by atoms with van der Waals surface area (Å²) in [5, 5.41) is 8.88. The lowest BCUT2D eigenvalue weighted by molar-refractivity contribution is 0.198. The summed E-state index contributed by atoms with van der Waals surface area (Å²) in [6.45, 7) is 5.49. The van der Waals surface area contributed by atoms with Crippen molar-refractivity contribution in [2.24, 2.45) is 5.92 Å². The summed E-state index contributed by atoms with van der Waals surface area (Å²) in [4.78, 5) is 0. The van der Waals surface area contributed by atoms with Gasteiger partial charge in [0.15, 0.2) is 0 Å². The molecule has 0 aromatic carbocycles. The van der Waals surface area contributed by atoms with Gasteiger partial charge in [0.1, 0.15) is 0 Å². The normalized spacial score (nSPS) is 16.9. The van der Waals surface area contributed by atoms with Gasteiger partial charge in [-0.1, -0.05) is 20.3 Å². The average molecular weight is 209 g/mol. The van der Waals surface area contributed by atoms with Crippen LogP contribution in [0.4, 0.5) is 0 Å². The summed E-state index contributed by atoms with van der Waals surface area (Å²) >= 11 is 0. The van der Waals surface area contributed by atoms with Crippen molar-refractivity contribution in [1.29, 1.82) is 0 Å². The van der Waals surface area contributed by atoms with E-state index in [4.69, 9.17) is 5.11 Å². The van der Waals surface area contributed by atoms with Gasteiger partial charge in [0.05, 0.1) is 11.9 Å². The van der Waals surface area contributed by atoms with Crippen molar-refractivity contribution in [3.05, 3.63) is 0 Å². The smallest absolute Gasteiger partial charge is 0.211 e. The van der Waals surface area contributed by atoms with Gasteiger partial charge in [0.25, 0.3) is 0 Å². The van der Waals surface area contributed by atoms with Crippen molar-refractivity contribution in [1.82, 2.24) is 4.72 Å². The molecular weight excluding hydrogens is 190 g/mol. The number of hydrogen-bond acceptors (Lipinski definition) is 3. The van der Waals surface area contributed by atoms with Crippen molar-refractivity contribution < 1.29 is 13.5 Å². The number of hydrogen-bond donors (Lipinski definition) is 2. The lowest BCUT2D eigenvalue weighted by atomic mass is 10.2. The molecule has 0 bridgehead atoms. The Labute approximate surface area is 80.4 Å².